The molecule has 0 atom stereocenters. The molecule has 0 saturated heterocycles. The number of H-pyrrole nitrogens is 1. The van der Waals surface area contributed by atoms with Crippen LogP contribution >= 0.6 is 0 Å². The molecule has 0 spiro atoms. The molecule has 1 amide bonds. The minimum absolute atomic E-state index is 0.232. The van der Waals surface area contributed by atoms with Gasteiger partial charge in [-0.25, -0.2) is 9.48 Å². The summed E-state index contributed by atoms with van der Waals surface area (Å²) >= 11 is 0. The quantitative estimate of drug-likeness (QED) is 0.228. The zero-order chi connectivity index (χ0) is 28.0. The van der Waals surface area contributed by atoms with Gasteiger partial charge in [0.25, 0.3) is 5.56 Å². The highest BCUT2D eigenvalue weighted by Gasteiger charge is 2.24. The van der Waals surface area contributed by atoms with Gasteiger partial charge in [-0.1, -0.05) is 60.7 Å². The number of carbonyl (C=O) groups is 1. The summed E-state index contributed by atoms with van der Waals surface area (Å²) in [6.45, 7) is 11.8. The van der Waals surface area contributed by atoms with Crippen LogP contribution in [0.3, 0.4) is 0 Å². The number of amides is 1. The number of carbonyl (C=O) groups excluding carboxylic acids is 1. The Morgan fingerprint density at radius 3 is 2.44 bits per heavy atom. The van der Waals surface area contributed by atoms with Crippen molar-refractivity contribution in [3.05, 3.63) is 118 Å². The van der Waals surface area contributed by atoms with Gasteiger partial charge in [0.2, 0.25) is 0 Å². The number of aromatic amines is 1. The molecule has 0 fully saturated rings. The highest BCUT2D eigenvalue weighted by molar-refractivity contribution is 5.69. The van der Waals surface area contributed by atoms with E-state index >= 15 is 0 Å². The number of nitrogens with zero attached hydrogens (tertiary/aromatic N) is 3. The average Bonchev–Trinajstić information content (AvgIpc) is 3.21. The molecule has 4 aromatic rings. The summed E-state index contributed by atoms with van der Waals surface area (Å²) in [6.07, 6.45) is 0.0731. The molecular formula is C31H33N5O3. The minimum atomic E-state index is -0.600. The monoisotopic (exact) mass is 523 g/mol. The maximum atomic E-state index is 12.8. The number of benzene rings is 3. The summed E-state index contributed by atoms with van der Waals surface area (Å²) in [6, 6.07) is 24.7. The number of nitrogens with one attached hydrogen (secondary N) is 2. The van der Waals surface area contributed by atoms with Crippen molar-refractivity contribution in [2.75, 3.05) is 6.61 Å². The highest BCUT2D eigenvalue weighted by Crippen LogP contribution is 2.24. The van der Waals surface area contributed by atoms with E-state index in [9.17, 15) is 9.59 Å². The van der Waals surface area contributed by atoms with Gasteiger partial charge >= 0.3 is 6.09 Å². The summed E-state index contributed by atoms with van der Waals surface area (Å²) in [5, 5.41) is 14.4. The molecule has 1 aromatic heterocycles. The summed E-state index contributed by atoms with van der Waals surface area (Å²) < 4.78 is 6.88. The largest absolute Gasteiger partial charge is 0.449 e. The molecule has 0 aliphatic carbocycles. The van der Waals surface area contributed by atoms with E-state index < -0.39 is 11.6 Å². The summed E-state index contributed by atoms with van der Waals surface area (Å²) in [7, 11) is 0. The van der Waals surface area contributed by atoms with Crippen LogP contribution < -0.4 is 10.9 Å². The fourth-order valence-electron chi connectivity index (χ4n) is 4.05. The molecule has 0 unspecified atom stereocenters. The molecule has 0 aliphatic heterocycles. The molecule has 4 rings (SSSR count). The van der Waals surface area contributed by atoms with Gasteiger partial charge in [-0.2, -0.15) is 5.11 Å². The zero-order valence-electron chi connectivity index (χ0n) is 22.7. The van der Waals surface area contributed by atoms with Crippen LogP contribution in [0.25, 0.3) is 11.3 Å². The van der Waals surface area contributed by atoms with E-state index in [1.807, 2.05) is 99.6 Å². The van der Waals surface area contributed by atoms with Crippen molar-refractivity contribution >= 4 is 23.0 Å². The van der Waals surface area contributed by atoms with Crippen molar-refractivity contribution in [1.29, 1.82) is 0 Å². The fourth-order valence-corrected chi connectivity index (χ4v) is 4.05. The van der Waals surface area contributed by atoms with E-state index in [4.69, 9.17) is 4.74 Å². The van der Waals surface area contributed by atoms with Crippen molar-refractivity contribution in [2.24, 2.45) is 10.2 Å². The van der Waals surface area contributed by atoms with Crippen LogP contribution in [0, 0.1) is 6.92 Å². The van der Waals surface area contributed by atoms with Gasteiger partial charge in [0.05, 0.1) is 29.2 Å². The van der Waals surface area contributed by atoms with Crippen molar-refractivity contribution in [3.8, 4) is 5.69 Å². The van der Waals surface area contributed by atoms with Crippen LogP contribution in [0.1, 0.15) is 43.2 Å². The first-order valence-electron chi connectivity index (χ1n) is 12.7. The van der Waals surface area contributed by atoms with Gasteiger partial charge in [-0.05, 0) is 74.7 Å². The summed E-state index contributed by atoms with van der Waals surface area (Å²) in [5.74, 6) is 0. The van der Waals surface area contributed by atoms with Crippen LogP contribution in [0.15, 0.2) is 100 Å². The lowest BCUT2D eigenvalue weighted by atomic mass is 9.92. The third kappa shape index (κ3) is 6.78. The third-order valence-electron chi connectivity index (χ3n) is 6.37. The van der Waals surface area contributed by atoms with Crippen LogP contribution in [-0.2, 0) is 16.7 Å². The van der Waals surface area contributed by atoms with Gasteiger partial charge in [0.15, 0.2) is 5.69 Å². The number of hydrogen-bond donors (Lipinski definition) is 2. The molecule has 3 aromatic carbocycles. The Bertz CT molecular complexity index is 1550. The lowest BCUT2D eigenvalue weighted by molar-refractivity contribution is 0.137. The van der Waals surface area contributed by atoms with Crippen LogP contribution in [0.5, 0.6) is 0 Å². The molecule has 39 heavy (non-hydrogen) atoms. The van der Waals surface area contributed by atoms with Crippen LogP contribution in [0.2, 0.25) is 0 Å². The number of rotatable bonds is 9. The Morgan fingerprint density at radius 1 is 1.03 bits per heavy atom. The van der Waals surface area contributed by atoms with Crippen LogP contribution in [0.4, 0.5) is 16.2 Å². The predicted octanol–water partition coefficient (Wildman–Crippen LogP) is 7.13. The molecule has 1 heterocycles. The summed E-state index contributed by atoms with van der Waals surface area (Å²) in [4.78, 5) is 25.2. The Hall–Kier alpha value is -4.72. The Balaban J connectivity index is 1.31. The van der Waals surface area contributed by atoms with E-state index in [2.05, 4.69) is 27.2 Å². The van der Waals surface area contributed by atoms with E-state index in [0.29, 0.717) is 17.8 Å². The summed E-state index contributed by atoms with van der Waals surface area (Å²) in [5.41, 5.74) is 5.33. The van der Waals surface area contributed by atoms with Crippen LogP contribution in [-0.4, -0.2) is 22.5 Å². The van der Waals surface area contributed by atoms with Gasteiger partial charge in [0.1, 0.15) is 0 Å². The molecule has 2 N–H and O–H groups in total. The fraction of sp³-hybridized carbons (Fsp3) is 0.226. The number of allylic oxidation sites excluding steroid dienone is 1. The average molecular weight is 524 g/mol. The maximum Gasteiger partial charge on any atom is 0.407 e. The first-order chi connectivity index (χ1) is 18.6. The Labute approximate surface area is 228 Å². The number of para-hydroxylation sites is 1. The molecule has 200 valence electrons. The van der Waals surface area contributed by atoms with Crippen molar-refractivity contribution in [1.82, 2.24) is 15.1 Å². The Morgan fingerprint density at radius 2 is 1.74 bits per heavy atom. The number of ether oxygens (including phenoxy) is 1. The molecule has 0 aliphatic rings. The standard InChI is InChI=1S/C31H33N5O3/c1-21(2)24-10-9-11-25(20-24)31(4,5)32-30(38)39-19-18-23-14-16-26(17-15-23)33-34-28-22(3)35-36(29(28)37)27-12-7-6-8-13-27/h6-17,20,35H,1,18-19H2,2-5H3,(H,32,38). The van der Waals surface area contributed by atoms with Crippen molar-refractivity contribution < 1.29 is 9.53 Å². The van der Waals surface area contributed by atoms with Gasteiger partial charge in [-0.3, -0.25) is 9.89 Å². The van der Waals surface area contributed by atoms with Crippen molar-refractivity contribution in [3.63, 3.8) is 0 Å². The number of azo groups is 1. The lowest BCUT2D eigenvalue weighted by Crippen LogP contribution is -2.41. The smallest absolute Gasteiger partial charge is 0.407 e. The molecular weight excluding hydrogens is 490 g/mol. The van der Waals surface area contributed by atoms with E-state index in [0.717, 1.165) is 28.0 Å². The predicted molar refractivity (Wildman–Crippen MR) is 154 cm³/mol. The first-order valence-corrected chi connectivity index (χ1v) is 12.7. The van der Waals surface area contributed by atoms with Gasteiger partial charge < -0.3 is 10.1 Å². The number of aromatic nitrogens is 2. The van der Waals surface area contributed by atoms with E-state index in [1.165, 1.54) is 4.68 Å². The zero-order valence-corrected chi connectivity index (χ0v) is 22.7. The molecule has 8 nitrogen and oxygen atoms in total. The number of alkyl carbamates (subject to hydrolysis) is 1. The number of hydrogen-bond acceptors (Lipinski definition) is 5. The normalized spacial score (nSPS) is 11.5. The second-order valence-electron chi connectivity index (χ2n) is 9.93. The molecule has 0 bridgehead atoms. The first kappa shape index (κ1) is 27.3. The van der Waals surface area contributed by atoms with E-state index in [-0.39, 0.29) is 17.9 Å². The van der Waals surface area contributed by atoms with Gasteiger partial charge in [0, 0.05) is 6.42 Å². The van der Waals surface area contributed by atoms with Gasteiger partial charge in [-0.15, -0.1) is 5.11 Å². The third-order valence-corrected chi connectivity index (χ3v) is 6.37. The van der Waals surface area contributed by atoms with Crippen molar-refractivity contribution in [2.45, 2.75) is 39.7 Å². The molecule has 8 heteroatoms. The SMILES string of the molecule is C=C(C)c1cccc(C(C)(C)NC(=O)OCCc2ccc(N=Nc3c(C)[nH]n(-c4ccccc4)c3=O)cc2)c1. The second-order valence-corrected chi connectivity index (χ2v) is 9.93. The minimum Gasteiger partial charge on any atom is -0.449 e. The maximum absolute atomic E-state index is 12.8. The molecule has 0 saturated carbocycles. The van der Waals surface area contributed by atoms with E-state index in [1.54, 1.807) is 6.92 Å². The topological polar surface area (TPSA) is 101 Å². The molecule has 0 radical (unpaired) electrons. The highest BCUT2D eigenvalue weighted by atomic mass is 16.5. The number of aryl methyl sites for hydroxylation is 1. The lowest BCUT2D eigenvalue weighted by Gasteiger charge is -2.27. The second kappa shape index (κ2) is 11.8. The Kier molecular flexibility index (Phi) is 8.24.